The second-order valence-corrected chi connectivity index (χ2v) is 12.7. The van der Waals surface area contributed by atoms with Crippen molar-refractivity contribution >= 4 is 33.6 Å². The van der Waals surface area contributed by atoms with Crippen molar-refractivity contribution in [2.24, 2.45) is 5.92 Å². The highest BCUT2D eigenvalue weighted by molar-refractivity contribution is 7.16. The molecule has 0 aliphatic carbocycles. The van der Waals surface area contributed by atoms with E-state index in [4.69, 9.17) is 14.5 Å². The molecular formula is C25H35FN6O3S. The minimum absolute atomic E-state index is 0.0533. The topological polar surface area (TPSA) is 83.9 Å². The van der Waals surface area contributed by atoms with Crippen LogP contribution in [-0.2, 0) is 4.74 Å². The first kappa shape index (κ1) is 24.1. The molecule has 11 heteroatoms. The number of aromatic nitrogens is 3. The van der Waals surface area contributed by atoms with Crippen molar-refractivity contribution in [3.8, 4) is 6.01 Å². The van der Waals surface area contributed by atoms with Gasteiger partial charge < -0.3 is 19.3 Å². The lowest BCUT2D eigenvalue weighted by Crippen LogP contribution is -2.49. The molecule has 0 N–H and O–H groups in total. The summed E-state index contributed by atoms with van der Waals surface area (Å²) in [5.41, 5.74) is 1.78. The lowest BCUT2D eigenvalue weighted by Gasteiger charge is -2.37. The standard InChI is InChI=1S/C25H35FN6O3S/c1-24(2,3)35-23(33)32-11-16-5-6-18(32)13-30(10-16)20-19-21(36-15-27-19)29-22(28-20)34-14-25-7-4-8-31(25)12-17(26)9-25/h15-18H,4-14H2,1-3H3/t16?,17?,18?,25-/m0/s1. The van der Waals surface area contributed by atoms with Gasteiger partial charge in [-0.15, -0.1) is 11.3 Å². The predicted molar refractivity (Wildman–Crippen MR) is 135 cm³/mol. The van der Waals surface area contributed by atoms with E-state index in [0.717, 1.165) is 54.9 Å². The van der Waals surface area contributed by atoms with E-state index in [2.05, 4.69) is 19.8 Å². The Morgan fingerprint density at radius 2 is 2.08 bits per heavy atom. The summed E-state index contributed by atoms with van der Waals surface area (Å²) in [5.74, 6) is 1.09. The van der Waals surface area contributed by atoms with E-state index >= 15 is 0 Å². The summed E-state index contributed by atoms with van der Waals surface area (Å²) in [7, 11) is 0. The molecule has 0 saturated carbocycles. The summed E-state index contributed by atoms with van der Waals surface area (Å²) in [6.45, 7) is 9.67. The number of ether oxygens (including phenoxy) is 2. The number of thiazole rings is 1. The van der Waals surface area contributed by atoms with E-state index < -0.39 is 11.8 Å². The number of amides is 1. The molecule has 2 aromatic heterocycles. The van der Waals surface area contributed by atoms with Crippen LogP contribution in [0.2, 0.25) is 0 Å². The molecule has 5 aliphatic rings. The highest BCUT2D eigenvalue weighted by Crippen LogP contribution is 2.41. The van der Waals surface area contributed by atoms with Crippen LogP contribution in [0.5, 0.6) is 6.01 Å². The molecule has 2 aromatic rings. The summed E-state index contributed by atoms with van der Waals surface area (Å²) in [5, 5.41) is 0. The van der Waals surface area contributed by atoms with E-state index in [-0.39, 0.29) is 17.7 Å². The first-order valence-corrected chi connectivity index (χ1v) is 13.9. The maximum absolute atomic E-state index is 14.2. The van der Waals surface area contributed by atoms with Gasteiger partial charge >= 0.3 is 12.1 Å². The molecule has 2 bridgehead atoms. The largest absolute Gasteiger partial charge is 0.461 e. The Morgan fingerprint density at radius 1 is 1.22 bits per heavy atom. The Bertz CT molecular complexity index is 1140. The predicted octanol–water partition coefficient (Wildman–Crippen LogP) is 3.88. The normalized spacial score (nSPS) is 30.6. The minimum atomic E-state index is -0.796. The molecule has 5 fully saturated rings. The molecule has 0 radical (unpaired) electrons. The third kappa shape index (κ3) is 4.49. The van der Waals surface area contributed by atoms with Crippen LogP contribution in [0.4, 0.5) is 15.0 Å². The Labute approximate surface area is 215 Å². The minimum Gasteiger partial charge on any atom is -0.461 e. The van der Waals surface area contributed by atoms with Crippen molar-refractivity contribution in [3.05, 3.63) is 5.51 Å². The van der Waals surface area contributed by atoms with Gasteiger partial charge in [-0.05, 0) is 58.9 Å². The van der Waals surface area contributed by atoms with E-state index in [9.17, 15) is 9.18 Å². The number of carbonyl (C=O) groups is 1. The zero-order chi connectivity index (χ0) is 25.1. The molecule has 1 amide bonds. The monoisotopic (exact) mass is 518 g/mol. The molecule has 0 aromatic carbocycles. The fraction of sp³-hybridized carbons (Fsp3) is 0.760. The summed E-state index contributed by atoms with van der Waals surface area (Å²) in [6, 6.07) is 0.378. The van der Waals surface area contributed by atoms with E-state index in [1.54, 1.807) is 5.51 Å². The van der Waals surface area contributed by atoms with Crippen LogP contribution in [-0.4, -0.2) is 93.5 Å². The van der Waals surface area contributed by atoms with Crippen molar-refractivity contribution in [3.63, 3.8) is 0 Å². The maximum atomic E-state index is 14.2. The molecule has 9 nitrogen and oxygen atoms in total. The second kappa shape index (κ2) is 8.93. The van der Waals surface area contributed by atoms with Crippen molar-refractivity contribution in [1.82, 2.24) is 24.8 Å². The van der Waals surface area contributed by atoms with Crippen molar-refractivity contribution < 1.29 is 18.7 Å². The zero-order valence-corrected chi connectivity index (χ0v) is 22.1. The number of hydrogen-bond donors (Lipinski definition) is 0. The lowest BCUT2D eigenvalue weighted by atomic mass is 9.95. The van der Waals surface area contributed by atoms with E-state index in [1.165, 1.54) is 11.3 Å². The van der Waals surface area contributed by atoms with Gasteiger partial charge in [0.05, 0.1) is 17.1 Å². The Morgan fingerprint density at radius 3 is 2.92 bits per heavy atom. The Hall–Kier alpha value is -2.27. The van der Waals surface area contributed by atoms with Gasteiger partial charge in [0, 0.05) is 32.6 Å². The van der Waals surface area contributed by atoms with Crippen LogP contribution >= 0.6 is 11.3 Å². The molecule has 7 heterocycles. The Kier molecular flexibility index (Phi) is 5.98. The quantitative estimate of drug-likeness (QED) is 0.603. The molecule has 0 spiro atoms. The highest BCUT2D eigenvalue weighted by atomic mass is 32.1. The second-order valence-electron chi connectivity index (χ2n) is 11.8. The van der Waals surface area contributed by atoms with Gasteiger partial charge in [0.1, 0.15) is 23.9 Å². The molecule has 5 saturated heterocycles. The van der Waals surface area contributed by atoms with Crippen LogP contribution in [0.1, 0.15) is 52.9 Å². The number of halogens is 1. The highest BCUT2D eigenvalue weighted by Gasteiger charge is 2.49. The molecule has 196 valence electrons. The van der Waals surface area contributed by atoms with Gasteiger partial charge in [-0.3, -0.25) is 4.90 Å². The van der Waals surface area contributed by atoms with Crippen molar-refractivity contribution in [2.45, 2.75) is 76.2 Å². The van der Waals surface area contributed by atoms with Crippen LogP contribution in [0.3, 0.4) is 0 Å². The van der Waals surface area contributed by atoms with Gasteiger partial charge in [0.15, 0.2) is 10.6 Å². The van der Waals surface area contributed by atoms with Gasteiger partial charge in [0.25, 0.3) is 0 Å². The Balaban J connectivity index is 1.24. The van der Waals surface area contributed by atoms with E-state index in [0.29, 0.717) is 44.6 Å². The SMILES string of the molecule is CC(C)(C)OC(=O)N1CC2CCC1CN(c1nc(OC[C@@]34CCCN3CC(F)C4)nc3scnc13)C2. The number of carbonyl (C=O) groups excluding carboxylic acids is 1. The molecule has 4 atom stereocenters. The molecule has 3 unspecified atom stereocenters. The van der Waals surface area contributed by atoms with Gasteiger partial charge in [0.2, 0.25) is 0 Å². The zero-order valence-electron chi connectivity index (χ0n) is 21.3. The van der Waals surface area contributed by atoms with Crippen molar-refractivity contribution in [2.75, 3.05) is 44.2 Å². The number of rotatable bonds is 4. The average Bonchev–Trinajstić information content (AvgIpc) is 3.42. The number of nitrogens with zero attached hydrogens (tertiary/aromatic N) is 6. The third-order valence-electron chi connectivity index (χ3n) is 8.03. The summed E-state index contributed by atoms with van der Waals surface area (Å²) >= 11 is 1.47. The first-order valence-electron chi connectivity index (χ1n) is 13.1. The van der Waals surface area contributed by atoms with Gasteiger partial charge in [-0.25, -0.2) is 14.2 Å². The van der Waals surface area contributed by atoms with Gasteiger partial charge in [-0.2, -0.15) is 9.97 Å². The average molecular weight is 519 g/mol. The fourth-order valence-corrected chi connectivity index (χ4v) is 7.10. The number of alkyl halides is 1. The number of piperidine rings is 1. The smallest absolute Gasteiger partial charge is 0.410 e. The molecule has 7 rings (SSSR count). The summed E-state index contributed by atoms with van der Waals surface area (Å²) < 4.78 is 26.1. The molecule has 36 heavy (non-hydrogen) atoms. The first-order chi connectivity index (χ1) is 17.2. The van der Waals surface area contributed by atoms with Gasteiger partial charge in [-0.1, -0.05) is 0 Å². The summed E-state index contributed by atoms with van der Waals surface area (Å²) in [6.07, 6.45) is 3.50. The van der Waals surface area contributed by atoms with Crippen LogP contribution in [0, 0.1) is 5.92 Å². The summed E-state index contributed by atoms with van der Waals surface area (Å²) in [4.78, 5) is 34.2. The third-order valence-corrected chi connectivity index (χ3v) is 8.75. The van der Waals surface area contributed by atoms with Crippen LogP contribution < -0.4 is 9.64 Å². The molecular weight excluding hydrogens is 483 g/mol. The van der Waals surface area contributed by atoms with Crippen molar-refractivity contribution in [1.29, 1.82) is 0 Å². The number of anilines is 1. The maximum Gasteiger partial charge on any atom is 0.410 e. The van der Waals surface area contributed by atoms with Crippen LogP contribution in [0.25, 0.3) is 10.3 Å². The number of hydrogen-bond acceptors (Lipinski definition) is 9. The molecule has 5 aliphatic heterocycles. The fourth-order valence-electron chi connectivity index (χ4n) is 6.46. The lowest BCUT2D eigenvalue weighted by molar-refractivity contribution is 0.00809. The van der Waals surface area contributed by atoms with E-state index in [1.807, 2.05) is 25.7 Å². The van der Waals surface area contributed by atoms with Crippen LogP contribution in [0.15, 0.2) is 5.51 Å². The number of fused-ring (bicyclic) bond motifs is 6.